The predicted octanol–water partition coefficient (Wildman–Crippen LogP) is 7.01. The third-order valence-corrected chi connectivity index (χ3v) is 7.13. The highest BCUT2D eigenvalue weighted by atomic mass is 32.2. The summed E-state index contributed by atoms with van der Waals surface area (Å²) in [5.41, 5.74) is 1.83. The number of thioether (sulfide) groups is 1. The highest BCUT2D eigenvalue weighted by Crippen LogP contribution is 2.41. The van der Waals surface area contributed by atoms with Crippen molar-refractivity contribution in [2.75, 3.05) is 13.2 Å². The van der Waals surface area contributed by atoms with E-state index in [1.807, 2.05) is 42.5 Å². The van der Waals surface area contributed by atoms with Crippen LogP contribution in [0.15, 0.2) is 66.7 Å². The van der Waals surface area contributed by atoms with E-state index in [4.69, 9.17) is 14.2 Å². The molecule has 1 aliphatic heterocycles. The van der Waals surface area contributed by atoms with E-state index in [1.165, 1.54) is 12.1 Å². The van der Waals surface area contributed by atoms with E-state index >= 15 is 0 Å². The molecule has 6 nitrogen and oxygen atoms in total. The van der Waals surface area contributed by atoms with Gasteiger partial charge in [-0.2, -0.15) is 0 Å². The molecule has 3 aromatic carbocycles. The number of amides is 2. The lowest BCUT2D eigenvalue weighted by atomic mass is 9.99. The number of imide groups is 1. The normalized spacial score (nSPS) is 16.9. The maximum Gasteiger partial charge on any atom is 0.287 e. The number of carbonyl (C=O) groups is 2. The van der Waals surface area contributed by atoms with Crippen LogP contribution in [0.3, 0.4) is 0 Å². The van der Waals surface area contributed by atoms with Gasteiger partial charge in [0.05, 0.1) is 13.2 Å². The molecule has 3 aromatic rings. The third-order valence-electron chi connectivity index (χ3n) is 6.02. The summed E-state index contributed by atoms with van der Waals surface area (Å²) in [6.07, 6.45) is 3.49. The van der Waals surface area contributed by atoms with Gasteiger partial charge in [-0.1, -0.05) is 25.5 Å². The maximum absolute atomic E-state index is 13.1. The number of aryl methyl sites for hydroxylation is 1. The number of unbranched alkanes of at least 4 members (excludes halogenated alkanes) is 1. The van der Waals surface area contributed by atoms with E-state index in [0.29, 0.717) is 30.5 Å². The number of benzene rings is 3. The van der Waals surface area contributed by atoms with Gasteiger partial charge in [-0.25, -0.2) is 4.39 Å². The van der Waals surface area contributed by atoms with Crippen molar-refractivity contribution >= 4 is 22.9 Å². The van der Waals surface area contributed by atoms with Crippen LogP contribution in [0.2, 0.25) is 0 Å². The molecule has 1 aliphatic rings. The van der Waals surface area contributed by atoms with E-state index in [2.05, 4.69) is 12.2 Å². The van der Waals surface area contributed by atoms with Crippen LogP contribution in [0.25, 0.3) is 0 Å². The van der Waals surface area contributed by atoms with Crippen molar-refractivity contribution < 1.29 is 28.2 Å². The molecule has 0 saturated carbocycles. The van der Waals surface area contributed by atoms with Crippen LogP contribution in [-0.2, 0) is 16.0 Å². The number of nitrogens with one attached hydrogen (secondary N) is 1. The second-order valence-electron chi connectivity index (χ2n) is 8.88. The Morgan fingerprint density at radius 2 is 1.51 bits per heavy atom. The van der Waals surface area contributed by atoms with Crippen LogP contribution in [0.5, 0.6) is 23.0 Å². The van der Waals surface area contributed by atoms with Crippen LogP contribution in [0, 0.1) is 5.82 Å². The zero-order valence-corrected chi connectivity index (χ0v) is 21.7. The molecule has 1 atom stereocenters. The van der Waals surface area contributed by atoms with Crippen molar-refractivity contribution in [2.24, 2.45) is 0 Å². The van der Waals surface area contributed by atoms with Crippen LogP contribution >= 0.6 is 11.8 Å². The molecular weight excluding hydrogens is 493 g/mol. The first-order valence-electron chi connectivity index (χ1n) is 12.3. The number of ether oxygens (including phenoxy) is 3. The number of hydrogen-bond donors (Lipinski definition) is 1. The van der Waals surface area contributed by atoms with Gasteiger partial charge in [0.2, 0.25) is 5.91 Å². The molecule has 37 heavy (non-hydrogen) atoms. The lowest BCUT2D eigenvalue weighted by Gasteiger charge is -2.19. The van der Waals surface area contributed by atoms with Crippen LogP contribution < -0.4 is 19.5 Å². The average molecular weight is 524 g/mol. The molecule has 1 unspecified atom stereocenters. The largest absolute Gasteiger partial charge is 0.494 e. The molecule has 0 aromatic heterocycles. The number of rotatable bonds is 12. The molecule has 1 saturated heterocycles. The van der Waals surface area contributed by atoms with Crippen molar-refractivity contribution in [3.8, 4) is 23.0 Å². The Hall–Kier alpha value is -3.52. The monoisotopic (exact) mass is 523 g/mol. The summed E-state index contributed by atoms with van der Waals surface area (Å²) in [5.74, 6) is 2.23. The smallest absolute Gasteiger partial charge is 0.287 e. The van der Waals surface area contributed by atoms with Gasteiger partial charge in [-0.3, -0.25) is 14.9 Å². The van der Waals surface area contributed by atoms with Crippen LogP contribution in [-0.4, -0.2) is 24.4 Å². The van der Waals surface area contributed by atoms with E-state index in [0.717, 1.165) is 54.3 Å². The van der Waals surface area contributed by atoms with Gasteiger partial charge < -0.3 is 14.2 Å². The summed E-state index contributed by atoms with van der Waals surface area (Å²) in [4.78, 5) is 23.7. The Labute approximate surface area is 220 Å². The quantitative estimate of drug-likeness (QED) is 0.258. The Kier molecular flexibility index (Phi) is 8.71. The van der Waals surface area contributed by atoms with Gasteiger partial charge in [0.25, 0.3) is 5.24 Å². The Balaban J connectivity index is 1.22. The molecule has 194 valence electrons. The van der Waals surface area contributed by atoms with Crippen molar-refractivity contribution in [3.05, 3.63) is 83.7 Å². The first-order valence-corrected chi connectivity index (χ1v) is 13.2. The molecule has 0 bridgehead atoms. The summed E-state index contributed by atoms with van der Waals surface area (Å²) in [5, 5.41) is 2.01. The van der Waals surface area contributed by atoms with Gasteiger partial charge in [-0.15, -0.1) is 0 Å². The highest BCUT2D eigenvalue weighted by molar-refractivity contribution is 8.15. The Morgan fingerprint density at radius 1 is 0.865 bits per heavy atom. The average Bonchev–Trinajstić information content (AvgIpc) is 3.16. The number of carbonyl (C=O) groups excluding carboxylic acids is 2. The van der Waals surface area contributed by atoms with E-state index in [9.17, 15) is 14.0 Å². The summed E-state index contributed by atoms with van der Waals surface area (Å²) < 4.78 is 29.9. The minimum Gasteiger partial charge on any atom is -0.494 e. The Bertz CT molecular complexity index is 1230. The van der Waals surface area contributed by atoms with Gasteiger partial charge in [-0.05, 0) is 104 Å². The maximum atomic E-state index is 13.1. The second kappa shape index (κ2) is 12.1. The molecule has 0 aliphatic carbocycles. The SMILES string of the molecule is CCCc1cc(Oc2ccc(F)cc2)ccc1OCCCCOc1ccc(C2(C)SC(=O)NC2=O)cc1. The molecular formula is C29H30FNO5S. The standard InChI is InChI=1S/C29H30FNO5S/c1-3-6-20-19-25(36-24-13-9-22(30)10-14-24)15-16-26(20)35-18-5-4-17-34-23-11-7-21(8-12-23)29(2)27(32)31-28(33)37-29/h7-16,19H,3-6,17-18H2,1-2H3,(H,31,32,33). The Morgan fingerprint density at radius 3 is 2.16 bits per heavy atom. The van der Waals surface area contributed by atoms with Crippen LogP contribution in [0.1, 0.15) is 44.2 Å². The summed E-state index contributed by atoms with van der Waals surface area (Å²) in [6, 6.07) is 19.0. The minimum absolute atomic E-state index is 0.298. The number of halogens is 1. The third kappa shape index (κ3) is 6.83. The molecule has 0 radical (unpaired) electrons. The van der Waals surface area contributed by atoms with E-state index in [1.54, 1.807) is 19.1 Å². The topological polar surface area (TPSA) is 73.9 Å². The first kappa shape index (κ1) is 26.5. The predicted molar refractivity (Wildman–Crippen MR) is 142 cm³/mol. The molecule has 0 spiro atoms. The number of hydrogen-bond acceptors (Lipinski definition) is 6. The van der Waals surface area contributed by atoms with Crippen molar-refractivity contribution in [2.45, 2.75) is 44.3 Å². The van der Waals surface area contributed by atoms with Crippen molar-refractivity contribution in [3.63, 3.8) is 0 Å². The zero-order valence-electron chi connectivity index (χ0n) is 20.9. The fourth-order valence-electron chi connectivity index (χ4n) is 3.97. The van der Waals surface area contributed by atoms with Crippen LogP contribution in [0.4, 0.5) is 9.18 Å². The summed E-state index contributed by atoms with van der Waals surface area (Å²) in [6.45, 7) is 4.96. The van der Waals surface area contributed by atoms with E-state index in [-0.39, 0.29) is 17.0 Å². The molecule has 8 heteroatoms. The summed E-state index contributed by atoms with van der Waals surface area (Å²) >= 11 is 0.992. The molecule has 1 fully saturated rings. The highest BCUT2D eigenvalue weighted by Gasteiger charge is 2.45. The molecule has 2 amide bonds. The summed E-state index contributed by atoms with van der Waals surface area (Å²) in [7, 11) is 0. The first-order chi connectivity index (χ1) is 17.9. The molecule has 1 N–H and O–H groups in total. The van der Waals surface area contributed by atoms with Crippen molar-refractivity contribution in [1.82, 2.24) is 5.32 Å². The van der Waals surface area contributed by atoms with E-state index < -0.39 is 4.75 Å². The van der Waals surface area contributed by atoms with Crippen molar-refractivity contribution in [1.29, 1.82) is 0 Å². The minimum atomic E-state index is -0.908. The zero-order chi connectivity index (χ0) is 26.3. The molecule has 1 heterocycles. The van der Waals surface area contributed by atoms with Gasteiger partial charge in [0.1, 0.15) is 33.6 Å². The van der Waals surface area contributed by atoms with Gasteiger partial charge >= 0.3 is 0 Å². The fourth-order valence-corrected chi connectivity index (χ4v) is 4.88. The van der Waals surface area contributed by atoms with Gasteiger partial charge in [0, 0.05) is 0 Å². The molecule has 4 rings (SSSR count). The second-order valence-corrected chi connectivity index (χ2v) is 10.3. The fraction of sp³-hybridized carbons (Fsp3) is 0.310. The van der Waals surface area contributed by atoms with Gasteiger partial charge in [0.15, 0.2) is 0 Å². The lowest BCUT2D eigenvalue weighted by Crippen LogP contribution is -2.31. The lowest BCUT2D eigenvalue weighted by molar-refractivity contribution is -0.121.